The van der Waals surface area contributed by atoms with Gasteiger partial charge in [0.25, 0.3) is 5.91 Å². The summed E-state index contributed by atoms with van der Waals surface area (Å²) in [6, 6.07) is 1.79. The smallest absolute Gasteiger partial charge is 0.270 e. The average molecular weight is 291 g/mol. The Morgan fingerprint density at radius 2 is 2.00 bits per heavy atom. The predicted octanol–water partition coefficient (Wildman–Crippen LogP) is 1.00. The van der Waals surface area contributed by atoms with Gasteiger partial charge in [-0.1, -0.05) is 13.8 Å². The van der Waals surface area contributed by atoms with Crippen LogP contribution in [0.4, 0.5) is 5.82 Å². The van der Waals surface area contributed by atoms with Gasteiger partial charge in [-0.15, -0.1) is 0 Å². The van der Waals surface area contributed by atoms with Crippen molar-refractivity contribution >= 4 is 11.7 Å². The van der Waals surface area contributed by atoms with Gasteiger partial charge in [0.05, 0.1) is 0 Å². The molecule has 0 spiro atoms. The minimum absolute atomic E-state index is 0.117. The molecule has 1 aromatic rings. The third-order valence-electron chi connectivity index (χ3n) is 3.72. The summed E-state index contributed by atoms with van der Waals surface area (Å²) in [6.45, 7) is 8.86. The molecule has 6 heteroatoms. The lowest BCUT2D eigenvalue weighted by atomic mass is 10.1. The molecule has 0 aromatic carbocycles. The topological polar surface area (TPSA) is 61.4 Å². The van der Waals surface area contributed by atoms with Crippen molar-refractivity contribution in [2.24, 2.45) is 5.92 Å². The van der Waals surface area contributed by atoms with Gasteiger partial charge in [0.1, 0.15) is 17.8 Å². The Morgan fingerprint density at radius 1 is 1.29 bits per heavy atom. The summed E-state index contributed by atoms with van der Waals surface area (Å²) in [4.78, 5) is 25.0. The molecular weight excluding hydrogens is 266 g/mol. The molecule has 0 atom stereocenters. The van der Waals surface area contributed by atoms with Crippen LogP contribution in [0.15, 0.2) is 12.4 Å². The number of amides is 1. The van der Waals surface area contributed by atoms with Crippen molar-refractivity contribution in [2.75, 3.05) is 44.7 Å². The number of nitrogens with one attached hydrogen (secondary N) is 1. The van der Waals surface area contributed by atoms with Gasteiger partial charge >= 0.3 is 0 Å². The molecule has 116 valence electrons. The van der Waals surface area contributed by atoms with Crippen LogP contribution in [0.3, 0.4) is 0 Å². The molecular formula is C15H25N5O. The van der Waals surface area contributed by atoms with Crippen molar-refractivity contribution < 1.29 is 4.79 Å². The Hall–Kier alpha value is -1.69. The van der Waals surface area contributed by atoms with E-state index in [9.17, 15) is 4.79 Å². The molecule has 0 aliphatic carbocycles. The fourth-order valence-corrected chi connectivity index (χ4v) is 2.24. The van der Waals surface area contributed by atoms with Gasteiger partial charge in [-0.25, -0.2) is 9.97 Å². The number of carbonyl (C=O) groups is 1. The molecule has 0 bridgehead atoms. The van der Waals surface area contributed by atoms with Crippen molar-refractivity contribution in [2.45, 2.75) is 20.3 Å². The number of carbonyl (C=O) groups excluding carboxylic acids is 1. The molecule has 2 rings (SSSR count). The molecule has 1 aromatic heterocycles. The normalized spacial score (nSPS) is 16.3. The van der Waals surface area contributed by atoms with Crippen LogP contribution in [0.2, 0.25) is 0 Å². The summed E-state index contributed by atoms with van der Waals surface area (Å²) in [5.74, 6) is 1.30. The first-order valence-corrected chi connectivity index (χ1v) is 7.60. The van der Waals surface area contributed by atoms with E-state index in [4.69, 9.17) is 0 Å². The van der Waals surface area contributed by atoms with Crippen LogP contribution in [0.25, 0.3) is 0 Å². The number of piperazine rings is 1. The Kier molecular flexibility index (Phi) is 5.50. The van der Waals surface area contributed by atoms with Crippen molar-refractivity contribution in [1.29, 1.82) is 0 Å². The molecule has 21 heavy (non-hydrogen) atoms. The summed E-state index contributed by atoms with van der Waals surface area (Å²) in [5.41, 5.74) is 0.447. The first kappa shape index (κ1) is 15.7. The average Bonchev–Trinajstić information content (AvgIpc) is 2.47. The summed E-state index contributed by atoms with van der Waals surface area (Å²) in [5, 5.41) is 2.91. The molecule has 1 fully saturated rings. The van der Waals surface area contributed by atoms with Gasteiger partial charge in [0.15, 0.2) is 0 Å². The number of rotatable bonds is 5. The zero-order chi connectivity index (χ0) is 15.2. The van der Waals surface area contributed by atoms with Crippen molar-refractivity contribution in [3.63, 3.8) is 0 Å². The second-order valence-electron chi connectivity index (χ2n) is 5.99. The summed E-state index contributed by atoms with van der Waals surface area (Å²) >= 11 is 0. The lowest BCUT2D eigenvalue weighted by Gasteiger charge is -2.33. The Bertz CT molecular complexity index is 469. The molecule has 0 unspecified atom stereocenters. The van der Waals surface area contributed by atoms with Crippen molar-refractivity contribution in [3.05, 3.63) is 18.1 Å². The number of nitrogens with zero attached hydrogens (tertiary/aromatic N) is 4. The number of aromatic nitrogens is 2. The van der Waals surface area contributed by atoms with Crippen molar-refractivity contribution in [1.82, 2.24) is 20.2 Å². The van der Waals surface area contributed by atoms with Crippen LogP contribution in [-0.4, -0.2) is 60.5 Å². The van der Waals surface area contributed by atoms with Gasteiger partial charge in [0, 0.05) is 38.8 Å². The highest BCUT2D eigenvalue weighted by Gasteiger charge is 2.17. The van der Waals surface area contributed by atoms with Crippen LogP contribution >= 0.6 is 0 Å². The zero-order valence-corrected chi connectivity index (χ0v) is 13.2. The zero-order valence-electron chi connectivity index (χ0n) is 13.2. The van der Waals surface area contributed by atoms with E-state index >= 15 is 0 Å². The van der Waals surface area contributed by atoms with Gasteiger partial charge < -0.3 is 15.1 Å². The van der Waals surface area contributed by atoms with Crippen LogP contribution in [0, 0.1) is 5.92 Å². The first-order valence-electron chi connectivity index (χ1n) is 7.60. The number of hydrogen-bond donors (Lipinski definition) is 1. The maximum absolute atomic E-state index is 12.1. The van der Waals surface area contributed by atoms with Crippen LogP contribution in [0.5, 0.6) is 0 Å². The van der Waals surface area contributed by atoms with Crippen molar-refractivity contribution in [3.8, 4) is 0 Å². The molecule has 6 nitrogen and oxygen atoms in total. The van der Waals surface area contributed by atoms with Gasteiger partial charge in [-0.2, -0.15) is 0 Å². The third-order valence-corrected chi connectivity index (χ3v) is 3.72. The van der Waals surface area contributed by atoms with E-state index < -0.39 is 0 Å². The van der Waals surface area contributed by atoms with E-state index in [1.165, 1.54) is 6.33 Å². The number of hydrogen-bond acceptors (Lipinski definition) is 5. The minimum atomic E-state index is -0.117. The molecule has 0 saturated carbocycles. The van der Waals surface area contributed by atoms with Gasteiger partial charge in [-0.05, 0) is 19.4 Å². The first-order chi connectivity index (χ1) is 10.1. The monoisotopic (exact) mass is 291 g/mol. The maximum atomic E-state index is 12.1. The van der Waals surface area contributed by atoms with E-state index in [0.717, 1.165) is 38.4 Å². The second-order valence-corrected chi connectivity index (χ2v) is 5.99. The van der Waals surface area contributed by atoms with E-state index in [-0.39, 0.29) is 5.91 Å². The second kappa shape index (κ2) is 7.36. The van der Waals surface area contributed by atoms with E-state index in [1.54, 1.807) is 6.07 Å². The highest BCUT2D eigenvalue weighted by atomic mass is 16.1. The van der Waals surface area contributed by atoms with Gasteiger partial charge in [0.2, 0.25) is 0 Å². The van der Waals surface area contributed by atoms with Crippen LogP contribution in [0.1, 0.15) is 30.8 Å². The van der Waals surface area contributed by atoms with E-state index in [1.807, 2.05) is 0 Å². The SMILES string of the molecule is CC(C)CCNC(=O)c1cc(N2CCN(C)CC2)ncn1. The Labute approximate surface area is 126 Å². The predicted molar refractivity (Wildman–Crippen MR) is 83.5 cm³/mol. The fourth-order valence-electron chi connectivity index (χ4n) is 2.24. The summed E-state index contributed by atoms with van der Waals surface area (Å²) in [6.07, 6.45) is 2.45. The van der Waals surface area contributed by atoms with E-state index in [0.29, 0.717) is 18.2 Å². The highest BCUT2D eigenvalue weighted by Crippen LogP contribution is 2.13. The van der Waals surface area contributed by atoms with E-state index in [2.05, 4.69) is 46.0 Å². The molecule has 2 heterocycles. The largest absolute Gasteiger partial charge is 0.354 e. The Balaban J connectivity index is 1.95. The summed E-state index contributed by atoms with van der Waals surface area (Å²) < 4.78 is 0. The summed E-state index contributed by atoms with van der Waals surface area (Å²) in [7, 11) is 2.12. The molecule has 0 radical (unpaired) electrons. The van der Waals surface area contributed by atoms with Crippen LogP contribution < -0.4 is 10.2 Å². The Morgan fingerprint density at radius 3 is 2.67 bits per heavy atom. The molecule has 1 N–H and O–H groups in total. The molecule has 1 saturated heterocycles. The number of anilines is 1. The highest BCUT2D eigenvalue weighted by molar-refractivity contribution is 5.92. The fraction of sp³-hybridized carbons (Fsp3) is 0.667. The molecule has 1 aliphatic rings. The number of likely N-dealkylation sites (N-methyl/N-ethyl adjacent to an activating group) is 1. The van der Waals surface area contributed by atoms with Gasteiger partial charge in [-0.3, -0.25) is 4.79 Å². The lowest BCUT2D eigenvalue weighted by Crippen LogP contribution is -2.45. The standard InChI is InChI=1S/C15H25N5O/c1-12(2)4-5-16-15(21)13-10-14(18-11-17-13)20-8-6-19(3)7-9-20/h10-12H,4-9H2,1-3H3,(H,16,21). The third kappa shape index (κ3) is 4.67. The molecule has 1 amide bonds. The molecule has 1 aliphatic heterocycles. The van der Waals surface area contributed by atoms with Crippen LogP contribution in [-0.2, 0) is 0 Å². The lowest BCUT2D eigenvalue weighted by molar-refractivity contribution is 0.0947. The maximum Gasteiger partial charge on any atom is 0.270 e. The quantitative estimate of drug-likeness (QED) is 0.877. The minimum Gasteiger partial charge on any atom is -0.354 e.